The third kappa shape index (κ3) is 11.3. The molecular weight excluding hydrogens is 282 g/mol. The summed E-state index contributed by atoms with van der Waals surface area (Å²) in [5, 5.41) is 0. The first-order valence-electron chi connectivity index (χ1n) is 4.01. The molecule has 0 unspecified atom stereocenters. The molecular formula is C7H14Cl4Si2. The lowest BCUT2D eigenvalue weighted by Gasteiger charge is -2.11. The van der Waals surface area contributed by atoms with Gasteiger partial charge in [-0.05, 0) is 32.1 Å². The van der Waals surface area contributed by atoms with Crippen molar-refractivity contribution in [1.29, 1.82) is 0 Å². The van der Waals surface area contributed by atoms with Gasteiger partial charge in [0.2, 0.25) is 0 Å². The van der Waals surface area contributed by atoms with Crippen molar-refractivity contribution in [2.24, 2.45) is 0 Å². The van der Waals surface area contributed by atoms with Crippen LogP contribution in [-0.2, 0) is 0 Å². The molecule has 0 atom stereocenters. The van der Waals surface area contributed by atoms with E-state index in [4.69, 9.17) is 44.3 Å². The Morgan fingerprint density at radius 2 is 1.54 bits per heavy atom. The molecule has 0 saturated carbocycles. The van der Waals surface area contributed by atoms with Gasteiger partial charge in [0.1, 0.15) is 0 Å². The van der Waals surface area contributed by atoms with Gasteiger partial charge in [-0.25, -0.2) is 0 Å². The molecule has 13 heavy (non-hydrogen) atoms. The van der Waals surface area contributed by atoms with Crippen LogP contribution < -0.4 is 0 Å². The molecule has 0 spiro atoms. The standard InChI is InChI=1S/C7H14Cl4Si2/c1-7(6-13(3,10)11)4-5-12(2,8)9/h4H,5-6H2,1-3H3. The van der Waals surface area contributed by atoms with Crippen molar-refractivity contribution in [3.63, 3.8) is 0 Å². The Hall–Kier alpha value is 1.33. The highest BCUT2D eigenvalue weighted by Crippen LogP contribution is 2.27. The smallest absolute Gasteiger partial charge is 0.146 e. The summed E-state index contributed by atoms with van der Waals surface area (Å²) >= 11 is 23.9. The lowest BCUT2D eigenvalue weighted by atomic mass is 10.3. The molecule has 0 fully saturated rings. The number of hydrogen-bond donors (Lipinski definition) is 0. The Bertz CT molecular complexity index is 190. The van der Waals surface area contributed by atoms with Gasteiger partial charge in [0, 0.05) is 0 Å². The van der Waals surface area contributed by atoms with Crippen LogP contribution in [0.3, 0.4) is 0 Å². The zero-order valence-electron chi connectivity index (χ0n) is 8.00. The lowest BCUT2D eigenvalue weighted by molar-refractivity contribution is 1.32. The van der Waals surface area contributed by atoms with Crippen LogP contribution in [0.1, 0.15) is 6.92 Å². The number of hydrogen-bond acceptors (Lipinski definition) is 0. The molecule has 0 rings (SSSR count). The van der Waals surface area contributed by atoms with E-state index in [0.717, 1.165) is 12.1 Å². The average Bonchev–Trinajstić information content (AvgIpc) is 1.78. The van der Waals surface area contributed by atoms with Crippen molar-refractivity contribution < 1.29 is 0 Å². The number of halogens is 4. The Kier molecular flexibility index (Phi) is 5.98. The Morgan fingerprint density at radius 1 is 1.08 bits per heavy atom. The van der Waals surface area contributed by atoms with E-state index in [9.17, 15) is 0 Å². The van der Waals surface area contributed by atoms with Crippen molar-refractivity contribution in [1.82, 2.24) is 0 Å². The maximum Gasteiger partial charge on any atom is 0.252 e. The summed E-state index contributed by atoms with van der Waals surface area (Å²) in [4.78, 5) is 0. The lowest BCUT2D eigenvalue weighted by Crippen LogP contribution is -2.14. The fourth-order valence-corrected chi connectivity index (χ4v) is 4.47. The van der Waals surface area contributed by atoms with Crippen LogP contribution in [0, 0.1) is 0 Å². The van der Waals surface area contributed by atoms with E-state index in [1.54, 1.807) is 0 Å². The SMILES string of the molecule is CC(=CC[Si](C)(Cl)Cl)C[Si](C)(Cl)Cl. The van der Waals surface area contributed by atoms with Crippen molar-refractivity contribution in [3.05, 3.63) is 11.6 Å². The minimum Gasteiger partial charge on any atom is -0.146 e. The summed E-state index contributed by atoms with van der Waals surface area (Å²) in [6.07, 6.45) is 2.06. The predicted octanol–water partition coefficient (Wildman–Crippen LogP) is 5.03. The summed E-state index contributed by atoms with van der Waals surface area (Å²) < 4.78 is 0. The van der Waals surface area contributed by atoms with E-state index >= 15 is 0 Å². The third-order valence-corrected chi connectivity index (χ3v) is 5.23. The Balaban J connectivity index is 4.05. The molecule has 0 amide bonds. The molecule has 0 aliphatic heterocycles. The summed E-state index contributed by atoms with van der Waals surface area (Å²) in [5.41, 5.74) is 1.19. The zero-order chi connectivity index (χ0) is 10.7. The van der Waals surface area contributed by atoms with Crippen LogP contribution >= 0.6 is 44.3 Å². The summed E-state index contributed by atoms with van der Waals surface area (Å²) in [6, 6.07) is 1.55. The molecule has 6 heteroatoms. The Morgan fingerprint density at radius 3 is 1.85 bits per heavy atom. The molecule has 0 aromatic rings. The maximum absolute atomic E-state index is 5.99. The summed E-state index contributed by atoms with van der Waals surface area (Å²) in [7, 11) is 0. The number of allylic oxidation sites excluding steroid dienone is 2. The van der Waals surface area contributed by atoms with Crippen molar-refractivity contribution >= 4 is 57.7 Å². The fraction of sp³-hybridized carbons (Fsp3) is 0.714. The van der Waals surface area contributed by atoms with Gasteiger partial charge in [-0.15, -0.1) is 44.3 Å². The minimum absolute atomic E-state index is 0.764. The van der Waals surface area contributed by atoms with Gasteiger partial charge in [0.25, 0.3) is 13.4 Å². The molecule has 0 bridgehead atoms. The zero-order valence-corrected chi connectivity index (χ0v) is 13.0. The van der Waals surface area contributed by atoms with Crippen LogP contribution in [0.2, 0.25) is 25.2 Å². The Labute approximate surface area is 101 Å². The topological polar surface area (TPSA) is 0 Å². The molecule has 0 N–H and O–H groups in total. The maximum atomic E-state index is 5.99. The minimum atomic E-state index is -2.01. The monoisotopic (exact) mass is 294 g/mol. The third-order valence-electron chi connectivity index (χ3n) is 1.40. The van der Waals surface area contributed by atoms with Gasteiger partial charge >= 0.3 is 0 Å². The number of rotatable bonds is 4. The normalized spacial score (nSPS) is 14.8. The average molecular weight is 296 g/mol. The van der Waals surface area contributed by atoms with E-state index in [2.05, 4.69) is 6.08 Å². The molecule has 0 aliphatic rings. The van der Waals surface area contributed by atoms with E-state index in [1.807, 2.05) is 20.0 Å². The molecule has 0 nitrogen and oxygen atoms in total. The molecule has 0 aliphatic carbocycles. The quantitative estimate of drug-likeness (QED) is 0.387. The van der Waals surface area contributed by atoms with Gasteiger partial charge in [-0.2, -0.15) is 0 Å². The first kappa shape index (κ1) is 14.3. The highest BCUT2D eigenvalue weighted by atomic mass is 35.7. The van der Waals surface area contributed by atoms with E-state index in [-0.39, 0.29) is 0 Å². The summed E-state index contributed by atoms with van der Waals surface area (Å²) in [5.74, 6) is 0. The fourth-order valence-electron chi connectivity index (χ4n) is 0.915. The molecule has 78 valence electrons. The van der Waals surface area contributed by atoms with Crippen LogP contribution in [0.5, 0.6) is 0 Å². The second-order valence-electron chi connectivity index (χ2n) is 3.57. The molecule has 0 aromatic heterocycles. The van der Waals surface area contributed by atoms with E-state index in [1.165, 1.54) is 5.57 Å². The first-order valence-corrected chi connectivity index (χ1v) is 13.5. The van der Waals surface area contributed by atoms with E-state index < -0.39 is 13.4 Å². The van der Waals surface area contributed by atoms with Crippen LogP contribution in [-0.4, -0.2) is 13.4 Å². The van der Waals surface area contributed by atoms with Gasteiger partial charge in [-0.1, -0.05) is 11.6 Å². The van der Waals surface area contributed by atoms with Crippen molar-refractivity contribution in [3.8, 4) is 0 Å². The van der Waals surface area contributed by atoms with Gasteiger partial charge in [0.15, 0.2) is 0 Å². The summed E-state index contributed by atoms with van der Waals surface area (Å²) in [6.45, 7) is 1.82. The second-order valence-corrected chi connectivity index (χ2v) is 19.8. The second kappa shape index (κ2) is 5.43. The largest absolute Gasteiger partial charge is 0.252 e. The van der Waals surface area contributed by atoms with Gasteiger partial charge < -0.3 is 0 Å². The molecule has 0 radical (unpaired) electrons. The van der Waals surface area contributed by atoms with Gasteiger partial charge in [0.05, 0.1) is 0 Å². The first-order chi connectivity index (χ1) is 5.60. The van der Waals surface area contributed by atoms with Crippen LogP contribution in [0.25, 0.3) is 0 Å². The molecule has 0 heterocycles. The molecule has 0 aromatic carbocycles. The molecule has 0 saturated heterocycles. The van der Waals surface area contributed by atoms with Gasteiger partial charge in [-0.3, -0.25) is 0 Å². The highest BCUT2D eigenvalue weighted by molar-refractivity contribution is 7.45. The van der Waals surface area contributed by atoms with Crippen molar-refractivity contribution in [2.45, 2.75) is 32.1 Å². The van der Waals surface area contributed by atoms with Crippen LogP contribution in [0.15, 0.2) is 11.6 Å². The van der Waals surface area contributed by atoms with E-state index in [0.29, 0.717) is 0 Å². The van der Waals surface area contributed by atoms with Crippen LogP contribution in [0.4, 0.5) is 0 Å². The van der Waals surface area contributed by atoms with Crippen molar-refractivity contribution in [2.75, 3.05) is 0 Å². The predicted molar refractivity (Wildman–Crippen MR) is 70.0 cm³/mol. The highest BCUT2D eigenvalue weighted by Gasteiger charge is 2.22.